The predicted molar refractivity (Wildman–Crippen MR) is 37.2 cm³/mol. The van der Waals surface area contributed by atoms with Crippen molar-refractivity contribution < 1.29 is 14.3 Å². The third-order valence-electron chi connectivity index (χ3n) is 2.51. The number of carbonyl (C=O) groups is 1. The molecule has 62 valence electrons. The van der Waals surface area contributed by atoms with Crippen LogP contribution in [-0.4, -0.2) is 30.9 Å². The first-order valence-electron chi connectivity index (χ1n) is 3.79. The van der Waals surface area contributed by atoms with Crippen LogP contribution >= 0.6 is 0 Å². The van der Waals surface area contributed by atoms with Crippen LogP contribution in [0.15, 0.2) is 0 Å². The summed E-state index contributed by atoms with van der Waals surface area (Å²) in [5.41, 5.74) is -0.225. The normalized spacial score (nSPS) is 42.6. The SMILES string of the molecule is CC1OCCC12COC(=O)N2. The molecule has 0 aromatic rings. The molecule has 2 aliphatic rings. The molecule has 0 bridgehead atoms. The van der Waals surface area contributed by atoms with Gasteiger partial charge in [0.1, 0.15) is 12.1 Å². The van der Waals surface area contributed by atoms with Gasteiger partial charge < -0.3 is 14.8 Å². The average Bonchev–Trinajstić information content (AvgIpc) is 2.46. The van der Waals surface area contributed by atoms with E-state index in [4.69, 9.17) is 9.47 Å². The van der Waals surface area contributed by atoms with Crippen LogP contribution in [0.3, 0.4) is 0 Å². The van der Waals surface area contributed by atoms with Crippen LogP contribution in [-0.2, 0) is 9.47 Å². The van der Waals surface area contributed by atoms with Crippen LogP contribution in [0.2, 0.25) is 0 Å². The fraction of sp³-hybridized carbons (Fsp3) is 0.857. The fourth-order valence-corrected chi connectivity index (χ4v) is 1.60. The summed E-state index contributed by atoms with van der Waals surface area (Å²) in [6, 6.07) is 0. The van der Waals surface area contributed by atoms with E-state index in [1.165, 1.54) is 0 Å². The molecular formula is C7H11NO3. The van der Waals surface area contributed by atoms with Crippen LogP contribution in [0.4, 0.5) is 4.79 Å². The monoisotopic (exact) mass is 157 g/mol. The van der Waals surface area contributed by atoms with Crippen molar-refractivity contribution in [2.45, 2.75) is 25.0 Å². The van der Waals surface area contributed by atoms with Crippen molar-refractivity contribution in [2.75, 3.05) is 13.2 Å². The second-order valence-electron chi connectivity index (χ2n) is 3.12. The Labute approximate surface area is 64.9 Å². The minimum atomic E-state index is -0.317. The Balaban J connectivity index is 2.16. The summed E-state index contributed by atoms with van der Waals surface area (Å²) in [4.78, 5) is 10.8. The Bertz CT molecular complexity index is 194. The predicted octanol–water partition coefficient (Wildman–Crippen LogP) is 0.274. The van der Waals surface area contributed by atoms with Gasteiger partial charge in [0.15, 0.2) is 0 Å². The molecule has 4 heteroatoms. The van der Waals surface area contributed by atoms with Gasteiger partial charge in [-0.05, 0) is 13.3 Å². The molecule has 0 radical (unpaired) electrons. The first kappa shape index (κ1) is 6.91. The van der Waals surface area contributed by atoms with E-state index in [-0.39, 0.29) is 17.7 Å². The Morgan fingerprint density at radius 1 is 1.73 bits per heavy atom. The largest absolute Gasteiger partial charge is 0.447 e. The van der Waals surface area contributed by atoms with Crippen LogP contribution < -0.4 is 5.32 Å². The summed E-state index contributed by atoms with van der Waals surface area (Å²) in [6.45, 7) is 3.12. The van der Waals surface area contributed by atoms with Gasteiger partial charge in [-0.25, -0.2) is 4.79 Å². The Morgan fingerprint density at radius 3 is 3.00 bits per heavy atom. The second kappa shape index (κ2) is 2.11. The van der Waals surface area contributed by atoms with Gasteiger partial charge in [-0.3, -0.25) is 0 Å². The number of carbonyl (C=O) groups excluding carboxylic acids is 1. The third kappa shape index (κ3) is 0.894. The zero-order valence-corrected chi connectivity index (χ0v) is 6.42. The molecule has 1 N–H and O–H groups in total. The Hall–Kier alpha value is -0.770. The molecule has 0 saturated carbocycles. The number of hydrogen-bond acceptors (Lipinski definition) is 3. The van der Waals surface area contributed by atoms with E-state index in [0.29, 0.717) is 13.2 Å². The third-order valence-corrected chi connectivity index (χ3v) is 2.51. The van der Waals surface area contributed by atoms with Gasteiger partial charge >= 0.3 is 6.09 Å². The van der Waals surface area contributed by atoms with Gasteiger partial charge in [0.2, 0.25) is 0 Å². The zero-order chi connectivity index (χ0) is 7.90. The van der Waals surface area contributed by atoms with Crippen LogP contribution in [0.1, 0.15) is 13.3 Å². The van der Waals surface area contributed by atoms with Gasteiger partial charge in [-0.2, -0.15) is 0 Å². The van der Waals surface area contributed by atoms with Gasteiger partial charge in [-0.15, -0.1) is 0 Å². The number of alkyl carbamates (subject to hydrolysis) is 1. The Morgan fingerprint density at radius 2 is 2.55 bits per heavy atom. The molecule has 1 amide bonds. The van der Waals surface area contributed by atoms with Crippen LogP contribution in [0.25, 0.3) is 0 Å². The molecule has 2 heterocycles. The number of nitrogens with one attached hydrogen (secondary N) is 1. The number of amides is 1. The van der Waals surface area contributed by atoms with Crippen molar-refractivity contribution in [3.05, 3.63) is 0 Å². The van der Waals surface area contributed by atoms with E-state index in [0.717, 1.165) is 6.42 Å². The molecule has 2 unspecified atom stereocenters. The van der Waals surface area contributed by atoms with Gasteiger partial charge in [0, 0.05) is 6.61 Å². The number of cyclic esters (lactones) is 1. The quantitative estimate of drug-likeness (QED) is 0.549. The lowest BCUT2D eigenvalue weighted by molar-refractivity contribution is 0.0836. The van der Waals surface area contributed by atoms with E-state index < -0.39 is 0 Å². The fourth-order valence-electron chi connectivity index (χ4n) is 1.60. The summed E-state index contributed by atoms with van der Waals surface area (Å²) in [6.07, 6.45) is 0.621. The molecular weight excluding hydrogens is 146 g/mol. The highest BCUT2D eigenvalue weighted by molar-refractivity contribution is 5.71. The van der Waals surface area contributed by atoms with Gasteiger partial charge in [0.25, 0.3) is 0 Å². The maximum absolute atomic E-state index is 10.8. The Kier molecular flexibility index (Phi) is 1.32. The van der Waals surface area contributed by atoms with E-state index in [1.54, 1.807) is 0 Å². The van der Waals surface area contributed by atoms with E-state index in [1.807, 2.05) is 6.92 Å². The number of ether oxygens (including phenoxy) is 2. The molecule has 1 spiro atoms. The maximum Gasteiger partial charge on any atom is 0.407 e. The van der Waals surface area contributed by atoms with Crippen molar-refractivity contribution in [1.29, 1.82) is 0 Å². The molecule has 2 saturated heterocycles. The minimum absolute atomic E-state index is 0.0777. The highest BCUT2D eigenvalue weighted by atomic mass is 16.6. The smallest absolute Gasteiger partial charge is 0.407 e. The lowest BCUT2D eigenvalue weighted by Gasteiger charge is -2.23. The minimum Gasteiger partial charge on any atom is -0.447 e. The van der Waals surface area contributed by atoms with Crippen molar-refractivity contribution in [2.24, 2.45) is 0 Å². The highest BCUT2D eigenvalue weighted by Crippen LogP contribution is 2.29. The molecule has 2 aliphatic heterocycles. The highest BCUT2D eigenvalue weighted by Gasteiger charge is 2.48. The van der Waals surface area contributed by atoms with E-state index in [9.17, 15) is 4.79 Å². The molecule has 0 aromatic carbocycles. The van der Waals surface area contributed by atoms with E-state index in [2.05, 4.69) is 5.32 Å². The first-order valence-corrected chi connectivity index (χ1v) is 3.79. The van der Waals surface area contributed by atoms with Crippen LogP contribution in [0, 0.1) is 0 Å². The standard InChI is InChI=1S/C7H11NO3/c1-5-7(2-3-10-5)4-11-6(9)8-7/h5H,2-4H2,1H3,(H,8,9). The molecule has 2 rings (SSSR count). The van der Waals surface area contributed by atoms with Gasteiger partial charge in [0.05, 0.1) is 6.10 Å². The van der Waals surface area contributed by atoms with Crippen molar-refractivity contribution in [1.82, 2.24) is 5.32 Å². The van der Waals surface area contributed by atoms with Crippen molar-refractivity contribution in [3.8, 4) is 0 Å². The number of hydrogen-bond donors (Lipinski definition) is 1. The molecule has 0 aromatic heterocycles. The van der Waals surface area contributed by atoms with Gasteiger partial charge in [-0.1, -0.05) is 0 Å². The maximum atomic E-state index is 10.8. The first-order chi connectivity index (χ1) is 5.23. The molecule has 0 aliphatic carbocycles. The average molecular weight is 157 g/mol. The summed E-state index contributed by atoms with van der Waals surface area (Å²) >= 11 is 0. The summed E-state index contributed by atoms with van der Waals surface area (Å²) in [5.74, 6) is 0. The van der Waals surface area contributed by atoms with Crippen LogP contribution in [0.5, 0.6) is 0 Å². The lowest BCUT2D eigenvalue weighted by atomic mass is 9.94. The topological polar surface area (TPSA) is 47.6 Å². The second-order valence-corrected chi connectivity index (χ2v) is 3.12. The molecule has 2 atom stereocenters. The summed E-state index contributed by atoms with van der Waals surface area (Å²) in [7, 11) is 0. The lowest BCUT2D eigenvalue weighted by Crippen LogP contribution is -2.48. The molecule has 11 heavy (non-hydrogen) atoms. The number of rotatable bonds is 0. The van der Waals surface area contributed by atoms with Crippen molar-refractivity contribution >= 4 is 6.09 Å². The van der Waals surface area contributed by atoms with E-state index >= 15 is 0 Å². The zero-order valence-electron chi connectivity index (χ0n) is 6.42. The molecule has 4 nitrogen and oxygen atoms in total. The molecule has 2 fully saturated rings. The summed E-state index contributed by atoms with van der Waals surface area (Å²) < 4.78 is 10.2. The van der Waals surface area contributed by atoms with Crippen molar-refractivity contribution in [3.63, 3.8) is 0 Å². The summed E-state index contributed by atoms with van der Waals surface area (Å²) in [5, 5.41) is 2.79.